The maximum Gasteiger partial charge on any atom is 0.224 e. The lowest BCUT2D eigenvalue weighted by Crippen LogP contribution is -2.01. The van der Waals surface area contributed by atoms with Crippen molar-refractivity contribution in [2.45, 2.75) is 0 Å². The Bertz CT molecular complexity index is 756. The molecule has 0 atom stereocenters. The molecule has 0 fully saturated rings. The molecular formula is C11H8BrClN6. The Morgan fingerprint density at radius 3 is 2.95 bits per heavy atom. The minimum Gasteiger partial charge on any atom is -0.368 e. The predicted molar refractivity (Wildman–Crippen MR) is 78.5 cm³/mol. The smallest absolute Gasteiger partial charge is 0.224 e. The van der Waals surface area contributed by atoms with E-state index in [-0.39, 0.29) is 5.95 Å². The van der Waals surface area contributed by atoms with Crippen LogP contribution in [0.5, 0.6) is 0 Å². The first-order valence-corrected chi connectivity index (χ1v) is 6.49. The zero-order chi connectivity index (χ0) is 13.4. The topological polar surface area (TPSA) is 92.5 Å². The fraction of sp³-hybridized carbons (Fsp3) is 0. The van der Waals surface area contributed by atoms with Crippen molar-refractivity contribution in [2.75, 3.05) is 11.1 Å². The molecule has 0 radical (unpaired) electrons. The lowest BCUT2D eigenvalue weighted by atomic mass is 10.3. The molecule has 0 bridgehead atoms. The van der Waals surface area contributed by atoms with Gasteiger partial charge in [0.05, 0.1) is 11.3 Å². The van der Waals surface area contributed by atoms with Gasteiger partial charge in [-0.1, -0.05) is 11.6 Å². The van der Waals surface area contributed by atoms with Gasteiger partial charge >= 0.3 is 0 Å². The number of nitrogen functional groups attached to an aromatic ring is 1. The molecule has 19 heavy (non-hydrogen) atoms. The number of halogens is 2. The van der Waals surface area contributed by atoms with E-state index in [1.165, 1.54) is 0 Å². The van der Waals surface area contributed by atoms with E-state index in [9.17, 15) is 0 Å². The number of nitrogens with two attached hydrogens (primary N) is 1. The second-order valence-electron chi connectivity index (χ2n) is 3.79. The number of aromatic amines is 1. The van der Waals surface area contributed by atoms with Gasteiger partial charge in [0.1, 0.15) is 5.52 Å². The molecule has 0 aliphatic heterocycles. The van der Waals surface area contributed by atoms with Gasteiger partial charge in [0, 0.05) is 10.2 Å². The van der Waals surface area contributed by atoms with Crippen LogP contribution in [-0.4, -0.2) is 19.9 Å². The number of anilines is 3. The Kier molecular flexibility index (Phi) is 3.00. The van der Waals surface area contributed by atoms with Crippen LogP contribution < -0.4 is 11.1 Å². The molecule has 0 unspecified atom stereocenters. The zero-order valence-corrected chi connectivity index (χ0v) is 11.8. The molecule has 0 saturated carbocycles. The van der Waals surface area contributed by atoms with E-state index in [1.54, 1.807) is 12.4 Å². The molecule has 0 aliphatic carbocycles. The van der Waals surface area contributed by atoms with Crippen molar-refractivity contribution in [2.24, 2.45) is 0 Å². The average molecular weight is 340 g/mol. The van der Waals surface area contributed by atoms with Crippen LogP contribution in [0.25, 0.3) is 11.2 Å². The second kappa shape index (κ2) is 4.67. The van der Waals surface area contributed by atoms with E-state index in [1.807, 2.05) is 12.1 Å². The number of nitrogens with one attached hydrogen (secondary N) is 2. The summed E-state index contributed by atoms with van der Waals surface area (Å²) in [7, 11) is 0. The minimum absolute atomic E-state index is 0.162. The lowest BCUT2D eigenvalue weighted by molar-refractivity contribution is 1.21. The molecule has 0 amide bonds. The van der Waals surface area contributed by atoms with Crippen molar-refractivity contribution in [1.82, 2.24) is 19.9 Å². The fourth-order valence-electron chi connectivity index (χ4n) is 1.65. The van der Waals surface area contributed by atoms with Gasteiger partial charge in [0.2, 0.25) is 5.95 Å². The van der Waals surface area contributed by atoms with Crippen LogP contribution in [0.4, 0.5) is 17.5 Å². The number of rotatable bonds is 2. The van der Waals surface area contributed by atoms with E-state index in [0.717, 1.165) is 10.2 Å². The lowest BCUT2D eigenvalue weighted by Gasteiger charge is -2.07. The maximum atomic E-state index is 5.95. The number of fused-ring (bicyclic) bond motifs is 1. The minimum atomic E-state index is 0.162. The van der Waals surface area contributed by atoms with Gasteiger partial charge in [-0.2, -0.15) is 9.97 Å². The van der Waals surface area contributed by atoms with Gasteiger partial charge in [0.15, 0.2) is 11.5 Å². The fourth-order valence-corrected chi connectivity index (χ4v) is 2.15. The van der Waals surface area contributed by atoms with E-state index >= 15 is 0 Å². The van der Waals surface area contributed by atoms with Crippen LogP contribution in [0.3, 0.4) is 0 Å². The summed E-state index contributed by atoms with van der Waals surface area (Å²) >= 11 is 9.32. The zero-order valence-electron chi connectivity index (χ0n) is 9.48. The summed E-state index contributed by atoms with van der Waals surface area (Å²) in [6.07, 6.45) is 1.54. The molecular weight excluding hydrogens is 332 g/mol. The van der Waals surface area contributed by atoms with Gasteiger partial charge < -0.3 is 16.0 Å². The SMILES string of the molecule is Nc1nc(Nc2ccc(Cl)c(Br)c2)c2[nH]cnc2n1. The number of hydrogen-bond acceptors (Lipinski definition) is 5. The Balaban J connectivity index is 2.04. The van der Waals surface area contributed by atoms with Gasteiger partial charge in [-0.05, 0) is 34.1 Å². The largest absolute Gasteiger partial charge is 0.368 e. The highest BCUT2D eigenvalue weighted by atomic mass is 79.9. The molecule has 0 spiro atoms. The van der Waals surface area contributed by atoms with Gasteiger partial charge in [-0.15, -0.1) is 0 Å². The van der Waals surface area contributed by atoms with Gasteiger partial charge in [-0.3, -0.25) is 0 Å². The number of aromatic nitrogens is 4. The quantitative estimate of drug-likeness (QED) is 0.667. The number of H-pyrrole nitrogens is 1. The van der Waals surface area contributed by atoms with E-state index in [0.29, 0.717) is 22.0 Å². The van der Waals surface area contributed by atoms with Crippen molar-refractivity contribution in [3.8, 4) is 0 Å². The van der Waals surface area contributed by atoms with Crippen LogP contribution in [0, 0.1) is 0 Å². The molecule has 2 heterocycles. The maximum absolute atomic E-state index is 5.95. The molecule has 0 saturated heterocycles. The van der Waals surface area contributed by atoms with Crippen molar-refractivity contribution >= 4 is 56.1 Å². The van der Waals surface area contributed by atoms with E-state index < -0.39 is 0 Å². The van der Waals surface area contributed by atoms with E-state index in [2.05, 4.69) is 41.2 Å². The Morgan fingerprint density at radius 2 is 2.16 bits per heavy atom. The van der Waals surface area contributed by atoms with Gasteiger partial charge in [0.25, 0.3) is 0 Å². The summed E-state index contributed by atoms with van der Waals surface area (Å²) in [5.41, 5.74) is 7.68. The third-order valence-electron chi connectivity index (χ3n) is 2.49. The molecule has 2 aromatic heterocycles. The molecule has 0 aliphatic rings. The average Bonchev–Trinajstić information content (AvgIpc) is 2.82. The standard InChI is InChI=1S/C11H8BrClN6/c12-6-3-5(1-2-7(6)13)17-10-8-9(16-4-15-8)18-11(14)19-10/h1-4H,(H4,14,15,16,17,18,19). The number of benzene rings is 1. The summed E-state index contributed by atoms with van der Waals surface area (Å²) in [4.78, 5) is 15.2. The van der Waals surface area contributed by atoms with Crippen molar-refractivity contribution in [3.05, 3.63) is 34.0 Å². The highest BCUT2D eigenvalue weighted by molar-refractivity contribution is 9.10. The molecule has 8 heteroatoms. The summed E-state index contributed by atoms with van der Waals surface area (Å²) in [6, 6.07) is 5.47. The molecule has 1 aromatic carbocycles. The summed E-state index contributed by atoms with van der Waals surface area (Å²) in [6.45, 7) is 0. The van der Waals surface area contributed by atoms with Crippen LogP contribution >= 0.6 is 27.5 Å². The third kappa shape index (κ3) is 2.34. The monoisotopic (exact) mass is 338 g/mol. The highest BCUT2D eigenvalue weighted by Gasteiger charge is 2.09. The number of hydrogen-bond donors (Lipinski definition) is 3. The number of nitrogens with zero attached hydrogens (tertiary/aromatic N) is 3. The first kappa shape index (κ1) is 12.2. The predicted octanol–water partition coefficient (Wildman–Crippen LogP) is 3.09. The molecule has 96 valence electrons. The molecule has 6 nitrogen and oxygen atoms in total. The van der Waals surface area contributed by atoms with Crippen LogP contribution in [0.15, 0.2) is 29.0 Å². The second-order valence-corrected chi connectivity index (χ2v) is 5.05. The van der Waals surface area contributed by atoms with Crippen molar-refractivity contribution < 1.29 is 0 Å². The summed E-state index contributed by atoms with van der Waals surface area (Å²) < 4.78 is 0.794. The molecule has 4 N–H and O–H groups in total. The third-order valence-corrected chi connectivity index (χ3v) is 3.70. The van der Waals surface area contributed by atoms with E-state index in [4.69, 9.17) is 17.3 Å². The summed E-state index contributed by atoms with van der Waals surface area (Å²) in [5, 5.41) is 3.79. The van der Waals surface area contributed by atoms with Gasteiger partial charge in [-0.25, -0.2) is 4.98 Å². The normalized spacial score (nSPS) is 10.8. The van der Waals surface area contributed by atoms with Crippen molar-refractivity contribution in [3.63, 3.8) is 0 Å². The molecule has 3 rings (SSSR count). The first-order chi connectivity index (χ1) is 9.13. The van der Waals surface area contributed by atoms with Crippen LogP contribution in [0.2, 0.25) is 5.02 Å². The highest BCUT2D eigenvalue weighted by Crippen LogP contribution is 2.28. The first-order valence-electron chi connectivity index (χ1n) is 5.32. The molecule has 3 aromatic rings. The Morgan fingerprint density at radius 1 is 1.32 bits per heavy atom. The summed E-state index contributed by atoms with van der Waals surface area (Å²) in [5.74, 6) is 0.726. The number of imidazole rings is 1. The Hall–Kier alpha value is -1.86. The van der Waals surface area contributed by atoms with Crippen LogP contribution in [-0.2, 0) is 0 Å². The van der Waals surface area contributed by atoms with Crippen LogP contribution in [0.1, 0.15) is 0 Å². The van der Waals surface area contributed by atoms with Crippen molar-refractivity contribution in [1.29, 1.82) is 0 Å². The Labute approximate surface area is 121 Å².